The Labute approximate surface area is 182 Å². The summed E-state index contributed by atoms with van der Waals surface area (Å²) in [5.74, 6) is 0.0270. The van der Waals surface area contributed by atoms with Crippen LogP contribution in [0.15, 0.2) is 17.4 Å². The highest BCUT2D eigenvalue weighted by Crippen LogP contribution is 2.42. The van der Waals surface area contributed by atoms with Crippen molar-refractivity contribution in [1.82, 2.24) is 20.2 Å². The van der Waals surface area contributed by atoms with Crippen molar-refractivity contribution in [1.29, 1.82) is 0 Å². The number of nitrogens with zero attached hydrogens (tertiary/aromatic N) is 3. The number of hydrogen-bond acceptors (Lipinski definition) is 4. The van der Waals surface area contributed by atoms with Crippen LogP contribution in [0, 0.1) is 5.41 Å². The monoisotopic (exact) mass is 447 g/mol. The Hall–Kier alpha value is -1.81. The van der Waals surface area contributed by atoms with E-state index in [1.165, 1.54) is 24.0 Å². The summed E-state index contributed by atoms with van der Waals surface area (Å²) in [7, 11) is 1.43. The number of aliphatic imine (C=N–C) groups is 1. The van der Waals surface area contributed by atoms with E-state index in [0.29, 0.717) is 32.3 Å². The van der Waals surface area contributed by atoms with E-state index in [1.807, 2.05) is 13.8 Å². The maximum atomic E-state index is 13.7. The third kappa shape index (κ3) is 6.58. The molecule has 2 rings (SSSR count). The molecular formula is C21H36F3N5O2. The van der Waals surface area contributed by atoms with Gasteiger partial charge in [-0.25, -0.2) is 4.98 Å². The molecule has 0 spiro atoms. The van der Waals surface area contributed by atoms with E-state index in [1.54, 1.807) is 0 Å². The quantitative estimate of drug-likeness (QED) is 0.276. The van der Waals surface area contributed by atoms with Gasteiger partial charge in [0, 0.05) is 58.7 Å². The second-order valence-corrected chi connectivity index (χ2v) is 8.25. The molecule has 10 heteroatoms. The van der Waals surface area contributed by atoms with Crippen LogP contribution in [0.5, 0.6) is 0 Å². The number of ether oxygens (including phenoxy) is 1. The minimum absolute atomic E-state index is 0.0805. The predicted molar refractivity (Wildman–Crippen MR) is 114 cm³/mol. The van der Waals surface area contributed by atoms with E-state index >= 15 is 0 Å². The van der Waals surface area contributed by atoms with Crippen LogP contribution in [0.3, 0.4) is 0 Å². The summed E-state index contributed by atoms with van der Waals surface area (Å²) in [5, 5.41) is 16.5. The highest BCUT2D eigenvalue weighted by Gasteiger charge is 2.57. The maximum Gasteiger partial charge on any atom is 0.424 e. The number of hydrogen-bond donors (Lipinski definition) is 3. The molecule has 7 nitrogen and oxygen atoms in total. The van der Waals surface area contributed by atoms with E-state index in [4.69, 9.17) is 4.74 Å². The van der Waals surface area contributed by atoms with Gasteiger partial charge in [-0.3, -0.25) is 4.99 Å². The fourth-order valence-electron chi connectivity index (χ4n) is 4.14. The number of nitrogens with one attached hydrogen (secondary N) is 2. The third-order valence-electron chi connectivity index (χ3n) is 6.00. The molecule has 0 aromatic carbocycles. The zero-order valence-electron chi connectivity index (χ0n) is 18.8. The van der Waals surface area contributed by atoms with Crippen LogP contribution in [0.25, 0.3) is 0 Å². The summed E-state index contributed by atoms with van der Waals surface area (Å²) in [6.07, 6.45) is 2.60. The Morgan fingerprint density at radius 1 is 1.29 bits per heavy atom. The van der Waals surface area contributed by atoms with E-state index in [-0.39, 0.29) is 12.0 Å². The number of guanidine groups is 1. The summed E-state index contributed by atoms with van der Waals surface area (Å²) in [4.78, 5) is 8.39. The predicted octanol–water partition coefficient (Wildman–Crippen LogP) is 3.10. The van der Waals surface area contributed by atoms with Crippen LogP contribution in [-0.2, 0) is 17.4 Å². The molecule has 1 aromatic heterocycles. The molecule has 0 bridgehead atoms. The highest BCUT2D eigenvalue weighted by molar-refractivity contribution is 5.79. The van der Waals surface area contributed by atoms with Crippen LogP contribution in [0.4, 0.5) is 13.2 Å². The summed E-state index contributed by atoms with van der Waals surface area (Å²) >= 11 is 0. The topological polar surface area (TPSA) is 83.7 Å². The average Bonchev–Trinajstić information content (AvgIpc) is 3.35. The largest absolute Gasteiger partial charge is 0.424 e. The molecule has 1 unspecified atom stereocenters. The Bertz CT molecular complexity index is 701. The first-order valence-electron chi connectivity index (χ1n) is 11.0. The van der Waals surface area contributed by atoms with Crippen molar-refractivity contribution >= 4 is 5.96 Å². The zero-order chi connectivity index (χ0) is 23.0. The van der Waals surface area contributed by atoms with Gasteiger partial charge in [0.1, 0.15) is 5.82 Å². The van der Waals surface area contributed by atoms with Crippen molar-refractivity contribution < 1.29 is 23.0 Å². The van der Waals surface area contributed by atoms with Gasteiger partial charge in [-0.05, 0) is 38.5 Å². The molecule has 3 N–H and O–H groups in total. The fraction of sp³-hybridized carbons (Fsp3) is 0.810. The molecule has 31 heavy (non-hydrogen) atoms. The maximum absolute atomic E-state index is 13.7. The molecule has 1 aliphatic rings. The summed E-state index contributed by atoms with van der Waals surface area (Å²) in [5.41, 5.74) is -2.96. The van der Waals surface area contributed by atoms with Crippen LogP contribution >= 0.6 is 0 Å². The molecular weight excluding hydrogens is 411 g/mol. The lowest BCUT2D eigenvalue weighted by atomic mass is 9.83. The van der Waals surface area contributed by atoms with Gasteiger partial charge in [0.25, 0.3) is 0 Å². The molecule has 1 atom stereocenters. The highest BCUT2D eigenvalue weighted by atomic mass is 19.4. The molecule has 1 fully saturated rings. The molecule has 0 radical (unpaired) electrons. The molecule has 0 aliphatic heterocycles. The first-order valence-corrected chi connectivity index (χ1v) is 11.0. The number of aromatic nitrogens is 2. The first kappa shape index (κ1) is 25.5. The second-order valence-electron chi connectivity index (χ2n) is 8.25. The van der Waals surface area contributed by atoms with E-state index in [0.717, 1.165) is 32.1 Å². The van der Waals surface area contributed by atoms with Gasteiger partial charge >= 0.3 is 6.18 Å². The summed E-state index contributed by atoms with van der Waals surface area (Å²) < 4.78 is 47.8. The van der Waals surface area contributed by atoms with Crippen molar-refractivity contribution in [3.63, 3.8) is 0 Å². The van der Waals surface area contributed by atoms with Gasteiger partial charge in [-0.1, -0.05) is 12.8 Å². The summed E-state index contributed by atoms with van der Waals surface area (Å²) in [6, 6.07) is 0. The van der Waals surface area contributed by atoms with Crippen LogP contribution in [0.1, 0.15) is 58.2 Å². The normalized spacial score (nSPS) is 18.7. The molecule has 1 heterocycles. The van der Waals surface area contributed by atoms with E-state index < -0.39 is 24.0 Å². The van der Waals surface area contributed by atoms with Gasteiger partial charge in [-0.15, -0.1) is 0 Å². The number of aryl methyl sites for hydroxylation is 1. The molecule has 0 saturated heterocycles. The van der Waals surface area contributed by atoms with E-state index in [2.05, 4.69) is 20.6 Å². The van der Waals surface area contributed by atoms with Gasteiger partial charge in [0.15, 0.2) is 5.96 Å². The van der Waals surface area contributed by atoms with Gasteiger partial charge < -0.3 is 25.0 Å². The Morgan fingerprint density at radius 2 is 2.00 bits per heavy atom. The number of imidazole rings is 1. The number of alkyl halides is 3. The lowest BCUT2D eigenvalue weighted by molar-refractivity contribution is -0.272. The Morgan fingerprint density at radius 3 is 2.55 bits per heavy atom. The molecule has 1 saturated carbocycles. The Kier molecular flexibility index (Phi) is 9.17. The van der Waals surface area contributed by atoms with E-state index in [9.17, 15) is 18.3 Å². The smallest absolute Gasteiger partial charge is 0.382 e. The van der Waals surface area contributed by atoms with Crippen LogP contribution in [-0.4, -0.2) is 59.6 Å². The van der Waals surface area contributed by atoms with Gasteiger partial charge in [0.05, 0.1) is 0 Å². The van der Waals surface area contributed by atoms with Gasteiger partial charge in [-0.2, -0.15) is 13.2 Å². The Balaban J connectivity index is 2.04. The molecule has 1 aromatic rings. The molecule has 1 aliphatic carbocycles. The van der Waals surface area contributed by atoms with Crippen molar-refractivity contribution in [2.45, 2.75) is 64.1 Å². The van der Waals surface area contributed by atoms with Crippen LogP contribution in [0.2, 0.25) is 0 Å². The standard InChI is InChI=1S/C21H36F3N5O2/c1-4-25-18(28-16-19(8-6-7-9-19)11-15-31-5-2)27-12-10-20(30,21(22,23)24)17-26-13-14-29(17)3/h13-14,30H,4-12,15-16H2,1-3H3,(H2,25,27,28). The second kappa shape index (κ2) is 11.2. The minimum atomic E-state index is -4.85. The van der Waals surface area contributed by atoms with Crippen molar-refractivity contribution in [3.8, 4) is 0 Å². The van der Waals surface area contributed by atoms with Crippen molar-refractivity contribution in [3.05, 3.63) is 18.2 Å². The minimum Gasteiger partial charge on any atom is -0.382 e. The van der Waals surface area contributed by atoms with Crippen molar-refractivity contribution in [2.75, 3.05) is 32.8 Å². The number of aliphatic hydroxyl groups is 1. The number of halogens is 3. The lowest BCUT2D eigenvalue weighted by Crippen LogP contribution is -2.48. The van der Waals surface area contributed by atoms with Crippen molar-refractivity contribution in [2.24, 2.45) is 17.5 Å². The lowest BCUT2D eigenvalue weighted by Gasteiger charge is -2.30. The average molecular weight is 448 g/mol. The third-order valence-corrected chi connectivity index (χ3v) is 6.00. The van der Waals surface area contributed by atoms with Gasteiger partial charge in [0.2, 0.25) is 5.60 Å². The summed E-state index contributed by atoms with van der Waals surface area (Å²) in [6.45, 7) is 6.32. The zero-order valence-corrected chi connectivity index (χ0v) is 18.8. The molecule has 178 valence electrons. The SMILES string of the molecule is CCNC(=NCC1(CCOCC)CCCC1)NCCC(O)(c1nccn1C)C(F)(F)F. The fourth-order valence-corrected chi connectivity index (χ4v) is 4.14. The number of rotatable bonds is 11. The van der Waals surface area contributed by atoms with Crippen LogP contribution < -0.4 is 10.6 Å². The molecule has 0 amide bonds. The first-order chi connectivity index (χ1) is 14.7.